The van der Waals surface area contributed by atoms with E-state index in [0.717, 1.165) is 63.6 Å². The topological polar surface area (TPSA) is 74.0 Å². The number of pyridine rings is 2. The van der Waals surface area contributed by atoms with Gasteiger partial charge in [-0.2, -0.15) is 0 Å². The number of anilines is 1. The Morgan fingerprint density at radius 3 is 2.46 bits per heavy atom. The van der Waals surface area contributed by atoms with Crippen molar-refractivity contribution in [2.75, 3.05) is 44.2 Å². The lowest BCUT2D eigenvalue weighted by Gasteiger charge is -2.43. The molecule has 8 heteroatoms. The molecule has 0 aliphatic carbocycles. The summed E-state index contributed by atoms with van der Waals surface area (Å²) < 4.78 is 3.97. The molecule has 39 heavy (non-hydrogen) atoms. The maximum atomic E-state index is 12.9. The van der Waals surface area contributed by atoms with Crippen molar-refractivity contribution in [3.05, 3.63) is 91.3 Å². The van der Waals surface area contributed by atoms with E-state index in [4.69, 9.17) is 0 Å². The second-order valence-corrected chi connectivity index (χ2v) is 11.7. The number of fused-ring (bicyclic) bond motifs is 4. The summed E-state index contributed by atoms with van der Waals surface area (Å²) in [6.45, 7) is 11.7. The molecule has 3 aromatic rings. The molecule has 2 unspecified atom stereocenters. The zero-order chi connectivity index (χ0) is 27.3. The molecule has 2 atom stereocenters. The highest BCUT2D eigenvalue weighted by Gasteiger charge is 2.34. The van der Waals surface area contributed by atoms with Crippen molar-refractivity contribution in [3.63, 3.8) is 0 Å². The van der Waals surface area contributed by atoms with Gasteiger partial charge >= 0.3 is 0 Å². The SMILES string of the molecule is Cc1cccc(N2CCN(Cc3c(O)c(=O)cc(CN4CC5CC(C4)c4cccc(=O)n4C5)n3C)CC2)c1C. The molecule has 8 nitrogen and oxygen atoms in total. The minimum atomic E-state index is -0.304. The normalized spacial score (nSPS) is 21.7. The van der Waals surface area contributed by atoms with Gasteiger partial charge in [-0.15, -0.1) is 0 Å². The number of likely N-dealkylation sites (tertiary alicyclic amines) is 1. The minimum Gasteiger partial charge on any atom is -0.503 e. The number of piperidine rings is 1. The fourth-order valence-corrected chi connectivity index (χ4v) is 6.91. The van der Waals surface area contributed by atoms with Gasteiger partial charge in [-0.05, 0) is 49.4 Å². The first-order valence-corrected chi connectivity index (χ1v) is 14.1. The van der Waals surface area contributed by atoms with E-state index in [1.54, 1.807) is 12.1 Å². The van der Waals surface area contributed by atoms with Gasteiger partial charge in [0, 0.05) is 101 Å². The summed E-state index contributed by atoms with van der Waals surface area (Å²) in [5.41, 5.74) is 6.46. The van der Waals surface area contributed by atoms with Gasteiger partial charge in [0.25, 0.3) is 5.56 Å². The highest BCUT2D eigenvalue weighted by molar-refractivity contribution is 5.56. The molecule has 3 aliphatic rings. The summed E-state index contributed by atoms with van der Waals surface area (Å²) in [6.07, 6.45) is 1.10. The maximum absolute atomic E-state index is 12.9. The molecule has 206 valence electrons. The van der Waals surface area contributed by atoms with E-state index in [0.29, 0.717) is 30.6 Å². The van der Waals surface area contributed by atoms with Gasteiger partial charge in [-0.3, -0.25) is 19.4 Å². The first-order chi connectivity index (χ1) is 18.8. The van der Waals surface area contributed by atoms with Crippen molar-refractivity contribution in [3.8, 4) is 5.75 Å². The Bertz CT molecular complexity index is 1500. The molecule has 0 radical (unpaired) electrons. The fourth-order valence-electron chi connectivity index (χ4n) is 6.91. The van der Waals surface area contributed by atoms with E-state index >= 15 is 0 Å². The number of hydrogen-bond acceptors (Lipinski definition) is 6. The average Bonchev–Trinajstić information content (AvgIpc) is 2.92. The Morgan fingerprint density at radius 1 is 0.897 bits per heavy atom. The number of hydrogen-bond donors (Lipinski definition) is 1. The van der Waals surface area contributed by atoms with Crippen LogP contribution in [0, 0.1) is 19.8 Å². The molecule has 6 rings (SSSR count). The molecule has 2 saturated heterocycles. The zero-order valence-corrected chi connectivity index (χ0v) is 23.3. The molecule has 3 aliphatic heterocycles. The lowest BCUT2D eigenvalue weighted by molar-refractivity contribution is 0.112. The van der Waals surface area contributed by atoms with E-state index in [-0.39, 0.29) is 16.7 Å². The summed E-state index contributed by atoms with van der Waals surface area (Å²) >= 11 is 0. The number of benzene rings is 1. The highest BCUT2D eigenvalue weighted by Crippen LogP contribution is 2.35. The van der Waals surface area contributed by atoms with E-state index in [9.17, 15) is 14.7 Å². The van der Waals surface area contributed by atoms with Gasteiger partial charge in [0.05, 0.1) is 5.69 Å². The quantitative estimate of drug-likeness (QED) is 0.548. The highest BCUT2D eigenvalue weighted by atomic mass is 16.3. The second-order valence-electron chi connectivity index (χ2n) is 11.7. The Morgan fingerprint density at radius 2 is 1.67 bits per heavy atom. The molecule has 1 aromatic carbocycles. The lowest BCUT2D eigenvalue weighted by Crippen LogP contribution is -2.47. The molecule has 0 amide bonds. The maximum Gasteiger partial charge on any atom is 0.250 e. The van der Waals surface area contributed by atoms with Crippen LogP contribution in [0.5, 0.6) is 5.75 Å². The molecule has 2 aromatic heterocycles. The summed E-state index contributed by atoms with van der Waals surface area (Å²) in [5, 5.41) is 10.8. The Hall–Kier alpha value is -3.36. The van der Waals surface area contributed by atoms with Gasteiger partial charge in [-0.1, -0.05) is 18.2 Å². The van der Waals surface area contributed by atoms with Crippen LogP contribution in [0.25, 0.3) is 0 Å². The van der Waals surface area contributed by atoms with Crippen molar-refractivity contribution in [1.82, 2.24) is 18.9 Å². The molecule has 0 saturated carbocycles. The summed E-state index contributed by atoms with van der Waals surface area (Å²) in [5.74, 6) is 0.619. The first kappa shape index (κ1) is 25.9. The third-order valence-electron chi connectivity index (χ3n) is 9.24. The summed E-state index contributed by atoms with van der Waals surface area (Å²) in [4.78, 5) is 32.4. The number of piperazine rings is 1. The number of aryl methyl sites for hydroxylation is 1. The van der Waals surface area contributed by atoms with Crippen LogP contribution >= 0.6 is 0 Å². The second kappa shape index (κ2) is 10.3. The van der Waals surface area contributed by atoms with Crippen LogP contribution < -0.4 is 15.9 Å². The van der Waals surface area contributed by atoms with E-state index in [1.165, 1.54) is 16.8 Å². The Kier molecular flexibility index (Phi) is 6.85. The predicted molar refractivity (Wildman–Crippen MR) is 154 cm³/mol. The van der Waals surface area contributed by atoms with Gasteiger partial charge in [0.1, 0.15) is 0 Å². The van der Waals surface area contributed by atoms with E-state index < -0.39 is 0 Å². The number of aromatic hydroxyl groups is 1. The van der Waals surface area contributed by atoms with Crippen molar-refractivity contribution >= 4 is 5.69 Å². The Balaban J connectivity index is 1.16. The van der Waals surface area contributed by atoms with Crippen LogP contribution in [0.4, 0.5) is 5.69 Å². The summed E-state index contributed by atoms with van der Waals surface area (Å²) in [7, 11) is 1.97. The monoisotopic (exact) mass is 529 g/mol. The van der Waals surface area contributed by atoms with Crippen molar-refractivity contribution < 1.29 is 5.11 Å². The smallest absolute Gasteiger partial charge is 0.250 e. The number of rotatable bonds is 5. The van der Waals surface area contributed by atoms with Crippen LogP contribution in [-0.2, 0) is 26.7 Å². The van der Waals surface area contributed by atoms with Crippen molar-refractivity contribution in [1.29, 1.82) is 0 Å². The van der Waals surface area contributed by atoms with Crippen LogP contribution in [0.3, 0.4) is 0 Å². The zero-order valence-electron chi connectivity index (χ0n) is 23.3. The van der Waals surface area contributed by atoms with Gasteiger partial charge in [0.2, 0.25) is 5.43 Å². The number of nitrogens with zero attached hydrogens (tertiary/aromatic N) is 5. The standard InChI is InChI=1S/C31H39N5O3/c1-21-6-4-7-26(22(21)2)35-12-10-33(11-13-35)20-28-31(39)29(37)15-25(32(28)3)19-34-16-23-14-24(18-34)27-8-5-9-30(38)36(27)17-23/h4-9,15,23-24,39H,10-14,16-20H2,1-3H3. The summed E-state index contributed by atoms with van der Waals surface area (Å²) in [6, 6.07) is 13.7. The fraction of sp³-hybridized carbons (Fsp3) is 0.484. The largest absolute Gasteiger partial charge is 0.503 e. The third-order valence-corrected chi connectivity index (χ3v) is 9.24. The van der Waals surface area contributed by atoms with Crippen molar-refractivity contribution in [2.24, 2.45) is 13.0 Å². The molecule has 0 spiro atoms. The average molecular weight is 530 g/mol. The molecule has 5 heterocycles. The van der Waals surface area contributed by atoms with Crippen LogP contribution in [0.1, 0.15) is 40.5 Å². The lowest BCUT2D eigenvalue weighted by atomic mass is 9.83. The molecular weight excluding hydrogens is 490 g/mol. The minimum absolute atomic E-state index is 0.0936. The Labute approximate surface area is 229 Å². The van der Waals surface area contributed by atoms with Crippen LogP contribution in [0.15, 0.2) is 52.1 Å². The molecule has 2 fully saturated rings. The van der Waals surface area contributed by atoms with Crippen LogP contribution in [0.2, 0.25) is 0 Å². The molecule has 1 N–H and O–H groups in total. The number of aromatic nitrogens is 2. The molecule has 2 bridgehead atoms. The van der Waals surface area contributed by atoms with Gasteiger partial charge in [-0.25, -0.2) is 0 Å². The van der Waals surface area contributed by atoms with Gasteiger partial charge in [0.15, 0.2) is 5.75 Å². The van der Waals surface area contributed by atoms with E-state index in [2.05, 4.69) is 52.8 Å². The first-order valence-electron chi connectivity index (χ1n) is 14.1. The van der Waals surface area contributed by atoms with Crippen molar-refractivity contribution in [2.45, 2.75) is 45.8 Å². The molecular formula is C31H39N5O3. The van der Waals surface area contributed by atoms with E-state index in [1.807, 2.05) is 22.2 Å². The van der Waals surface area contributed by atoms with Gasteiger partial charge < -0.3 is 19.1 Å². The predicted octanol–water partition coefficient (Wildman–Crippen LogP) is 2.81. The third kappa shape index (κ3) is 4.92. The van der Waals surface area contributed by atoms with Crippen LogP contribution in [-0.4, -0.2) is 63.3 Å².